The van der Waals surface area contributed by atoms with Crippen LogP contribution >= 0.6 is 0 Å². The number of carboxylic acid groups (broad SMARTS) is 1. The van der Waals surface area contributed by atoms with Crippen LogP contribution in [0.4, 0.5) is 19.0 Å². The maximum Gasteiger partial charge on any atom is 0.416 e. The first-order valence-electron chi connectivity index (χ1n) is 12.3. The van der Waals surface area contributed by atoms with Crippen molar-refractivity contribution >= 4 is 17.7 Å². The number of hydrogen-bond acceptors (Lipinski definition) is 5. The molecule has 0 aliphatic carbocycles. The number of pyridine rings is 1. The lowest BCUT2D eigenvalue weighted by Gasteiger charge is -2.20. The third-order valence-corrected chi connectivity index (χ3v) is 6.92. The highest BCUT2D eigenvalue weighted by molar-refractivity contribution is 5.96. The molecule has 0 unspecified atom stereocenters. The molecule has 2 aliphatic rings. The lowest BCUT2D eigenvalue weighted by molar-refractivity contribution is -0.139. The molecule has 1 fully saturated rings. The molecule has 1 aromatic heterocycles. The molecule has 1 saturated heterocycles. The zero-order chi connectivity index (χ0) is 25.7. The van der Waals surface area contributed by atoms with Crippen molar-refractivity contribution in [1.29, 1.82) is 0 Å². The minimum atomic E-state index is -4.58. The van der Waals surface area contributed by atoms with E-state index >= 15 is 0 Å². The summed E-state index contributed by atoms with van der Waals surface area (Å²) in [5.74, 6) is -0.560. The Morgan fingerprint density at radius 1 is 1.25 bits per heavy atom. The van der Waals surface area contributed by atoms with Gasteiger partial charge in [0.1, 0.15) is 11.9 Å². The van der Waals surface area contributed by atoms with Crippen molar-refractivity contribution in [3.05, 3.63) is 58.8 Å². The number of nitrogens with zero attached hydrogens (tertiary/aromatic N) is 2. The summed E-state index contributed by atoms with van der Waals surface area (Å²) in [6, 6.07) is 7.04. The summed E-state index contributed by atoms with van der Waals surface area (Å²) >= 11 is 0. The van der Waals surface area contributed by atoms with Crippen molar-refractivity contribution in [2.45, 2.75) is 50.7 Å². The molecular weight excluding hydrogens is 473 g/mol. The normalized spacial score (nSPS) is 18.8. The van der Waals surface area contributed by atoms with Gasteiger partial charge in [0.2, 0.25) is 0 Å². The number of aromatic nitrogens is 1. The van der Waals surface area contributed by atoms with Gasteiger partial charge in [0, 0.05) is 30.9 Å². The maximum atomic E-state index is 12.9. The molecule has 1 aromatic carbocycles. The molecule has 7 nitrogen and oxygen atoms in total. The number of anilines is 1. The third-order valence-electron chi connectivity index (χ3n) is 6.92. The van der Waals surface area contributed by atoms with E-state index in [0.717, 1.165) is 81.4 Å². The number of alkyl halides is 3. The standard InChI is InChI=1S/C26H31F3N4O3/c27-26(28,29)20-5-1-3-19(15-20)24(34)32-22(25(35)36)11-14-33-13-10-17(16-33)6-8-21-9-7-18-4-2-12-30-23(18)31-21/h1,3,5,7,9,15,17,22H,2,4,6,8,10-14,16H2,(H,30,31)(H,32,34)(H,35,36)/t17-,22-/m1/s1. The van der Waals surface area contributed by atoms with Crippen LogP contribution in [0.2, 0.25) is 0 Å². The Kier molecular flexibility index (Phi) is 8.13. The topological polar surface area (TPSA) is 94.6 Å². The number of carboxylic acids is 1. The SMILES string of the molecule is O=C(N[C@H](CCN1CC[C@@H](CCc2ccc3c(n2)NCCC3)C1)C(=O)O)c1cccc(C(F)(F)F)c1. The first kappa shape index (κ1) is 25.9. The molecule has 2 aromatic rings. The van der Waals surface area contributed by atoms with Gasteiger partial charge in [0.15, 0.2) is 0 Å². The van der Waals surface area contributed by atoms with Gasteiger partial charge in [0.05, 0.1) is 5.56 Å². The van der Waals surface area contributed by atoms with Gasteiger partial charge in [-0.3, -0.25) is 4.79 Å². The van der Waals surface area contributed by atoms with E-state index in [9.17, 15) is 27.9 Å². The van der Waals surface area contributed by atoms with Gasteiger partial charge in [-0.05, 0) is 80.8 Å². The molecule has 1 amide bonds. The fraction of sp³-hybridized carbons (Fsp3) is 0.500. The summed E-state index contributed by atoms with van der Waals surface area (Å²) in [6.07, 6.45) is 0.674. The van der Waals surface area contributed by atoms with Crippen LogP contribution in [0.3, 0.4) is 0 Å². The van der Waals surface area contributed by atoms with E-state index < -0.39 is 29.7 Å². The third kappa shape index (κ3) is 6.75. The Bertz CT molecular complexity index is 1090. The largest absolute Gasteiger partial charge is 0.480 e. The summed E-state index contributed by atoms with van der Waals surface area (Å²) in [5, 5.41) is 15.3. The molecule has 3 N–H and O–H groups in total. The highest BCUT2D eigenvalue weighted by Gasteiger charge is 2.31. The van der Waals surface area contributed by atoms with Gasteiger partial charge in [-0.25, -0.2) is 9.78 Å². The second-order valence-corrected chi connectivity index (χ2v) is 9.57. The van der Waals surface area contributed by atoms with Crippen LogP contribution in [0, 0.1) is 5.92 Å². The van der Waals surface area contributed by atoms with Crippen molar-refractivity contribution < 1.29 is 27.9 Å². The number of rotatable bonds is 9. The smallest absolute Gasteiger partial charge is 0.416 e. The Balaban J connectivity index is 1.24. The highest BCUT2D eigenvalue weighted by atomic mass is 19.4. The summed E-state index contributed by atoms with van der Waals surface area (Å²) < 4.78 is 38.8. The Morgan fingerprint density at radius 2 is 2.08 bits per heavy atom. The molecule has 0 radical (unpaired) electrons. The number of carbonyl (C=O) groups is 2. The molecule has 0 bridgehead atoms. The van der Waals surface area contributed by atoms with E-state index in [2.05, 4.69) is 27.7 Å². The molecule has 36 heavy (non-hydrogen) atoms. The van der Waals surface area contributed by atoms with E-state index in [1.165, 1.54) is 11.6 Å². The number of aliphatic carboxylic acids is 1. The Morgan fingerprint density at radius 3 is 2.86 bits per heavy atom. The Hall–Kier alpha value is -3.14. The number of aryl methyl sites for hydroxylation is 2. The van der Waals surface area contributed by atoms with Crippen LogP contribution in [0.1, 0.15) is 52.9 Å². The minimum Gasteiger partial charge on any atom is -0.480 e. The lowest BCUT2D eigenvalue weighted by atomic mass is 10.00. The van der Waals surface area contributed by atoms with Gasteiger partial charge >= 0.3 is 12.1 Å². The number of halogens is 3. The van der Waals surface area contributed by atoms with Gasteiger partial charge in [0.25, 0.3) is 5.91 Å². The number of carbonyl (C=O) groups excluding carboxylic acids is 1. The summed E-state index contributed by atoms with van der Waals surface area (Å²) in [4.78, 5) is 31.1. The van der Waals surface area contributed by atoms with E-state index in [0.29, 0.717) is 12.5 Å². The average molecular weight is 505 g/mol. The van der Waals surface area contributed by atoms with E-state index in [1.54, 1.807) is 0 Å². The van der Waals surface area contributed by atoms with Crippen LogP contribution in [-0.4, -0.2) is 59.1 Å². The quantitative estimate of drug-likeness (QED) is 0.478. The van der Waals surface area contributed by atoms with Crippen LogP contribution in [0.5, 0.6) is 0 Å². The van der Waals surface area contributed by atoms with Crippen molar-refractivity contribution in [3.8, 4) is 0 Å². The number of benzene rings is 1. The molecule has 4 rings (SSSR count). The van der Waals surface area contributed by atoms with Crippen LogP contribution in [-0.2, 0) is 23.8 Å². The van der Waals surface area contributed by atoms with Gasteiger partial charge in [-0.2, -0.15) is 13.2 Å². The zero-order valence-electron chi connectivity index (χ0n) is 20.0. The summed E-state index contributed by atoms with van der Waals surface area (Å²) in [6.45, 7) is 3.13. The second-order valence-electron chi connectivity index (χ2n) is 9.57. The summed E-state index contributed by atoms with van der Waals surface area (Å²) in [5.41, 5.74) is 1.17. The van der Waals surface area contributed by atoms with Crippen molar-refractivity contribution in [1.82, 2.24) is 15.2 Å². The predicted octanol–water partition coefficient (Wildman–Crippen LogP) is 3.99. The summed E-state index contributed by atoms with van der Waals surface area (Å²) in [7, 11) is 0. The highest BCUT2D eigenvalue weighted by Crippen LogP contribution is 2.29. The monoisotopic (exact) mass is 504 g/mol. The molecule has 194 valence electrons. The van der Waals surface area contributed by atoms with Crippen molar-refractivity contribution in [2.75, 3.05) is 31.5 Å². The Labute approximate surface area is 208 Å². The van der Waals surface area contributed by atoms with Crippen molar-refractivity contribution in [3.63, 3.8) is 0 Å². The van der Waals surface area contributed by atoms with Gasteiger partial charge in [-0.1, -0.05) is 12.1 Å². The van der Waals surface area contributed by atoms with Crippen LogP contribution in [0.25, 0.3) is 0 Å². The average Bonchev–Trinajstić information content (AvgIpc) is 3.32. The molecule has 0 saturated carbocycles. The fourth-order valence-electron chi connectivity index (χ4n) is 4.86. The molecule has 3 heterocycles. The molecule has 10 heteroatoms. The van der Waals surface area contributed by atoms with E-state index in [4.69, 9.17) is 4.98 Å². The number of fused-ring (bicyclic) bond motifs is 1. The molecule has 2 aliphatic heterocycles. The van der Waals surface area contributed by atoms with Crippen molar-refractivity contribution in [2.24, 2.45) is 5.92 Å². The van der Waals surface area contributed by atoms with Gasteiger partial charge in [-0.15, -0.1) is 0 Å². The molecule has 0 spiro atoms. The fourth-order valence-corrected chi connectivity index (χ4v) is 4.86. The molecular formula is C26H31F3N4O3. The van der Waals surface area contributed by atoms with Crippen LogP contribution < -0.4 is 10.6 Å². The maximum absolute atomic E-state index is 12.9. The first-order valence-corrected chi connectivity index (χ1v) is 12.3. The molecule has 2 atom stereocenters. The van der Waals surface area contributed by atoms with E-state index in [-0.39, 0.29) is 12.0 Å². The number of hydrogen-bond donors (Lipinski definition) is 3. The van der Waals surface area contributed by atoms with Crippen LogP contribution in [0.15, 0.2) is 36.4 Å². The number of amides is 1. The zero-order valence-corrected chi connectivity index (χ0v) is 20.0. The predicted molar refractivity (Wildman–Crippen MR) is 129 cm³/mol. The first-order chi connectivity index (χ1) is 17.2. The minimum absolute atomic E-state index is 0.171. The van der Waals surface area contributed by atoms with E-state index in [1.807, 2.05) is 0 Å². The second kappa shape index (κ2) is 11.3. The lowest BCUT2D eigenvalue weighted by Crippen LogP contribution is -2.43. The number of likely N-dealkylation sites (tertiary alicyclic amines) is 1. The number of nitrogens with one attached hydrogen (secondary N) is 2. The van der Waals surface area contributed by atoms with Gasteiger partial charge < -0.3 is 20.6 Å².